The van der Waals surface area contributed by atoms with Gasteiger partial charge in [0.1, 0.15) is 5.82 Å². The molecule has 2 fully saturated rings. The number of amides is 2. The van der Waals surface area contributed by atoms with Crippen molar-refractivity contribution in [1.82, 2.24) is 19.8 Å². The highest BCUT2D eigenvalue weighted by molar-refractivity contribution is 5.95. The third kappa shape index (κ3) is 4.11. The van der Waals surface area contributed by atoms with Crippen LogP contribution in [0.25, 0.3) is 0 Å². The van der Waals surface area contributed by atoms with E-state index in [4.69, 9.17) is 4.74 Å². The molecule has 4 rings (SSSR count). The summed E-state index contributed by atoms with van der Waals surface area (Å²) in [6.07, 6.45) is 3.12. The lowest BCUT2D eigenvalue weighted by molar-refractivity contribution is -0.137. The van der Waals surface area contributed by atoms with Crippen LogP contribution < -0.4 is 0 Å². The molecular weight excluding hydrogens is 411 g/mol. The molecule has 0 radical (unpaired) electrons. The normalized spacial score (nSPS) is 19.3. The molecule has 8 heteroatoms. The number of carbonyl (C=O) groups excluding carboxylic acids is 2. The van der Waals surface area contributed by atoms with E-state index in [0.717, 1.165) is 12.8 Å². The number of aromatic nitrogens is 2. The SMILES string of the molecule is Cc1nc([C@@H]2CCCN2C(=O)C(C)(C)c2ccccc2F)ncc1C(=O)N1CCOCC1. The monoisotopic (exact) mass is 440 g/mol. The molecule has 7 nitrogen and oxygen atoms in total. The number of morpholine rings is 1. The average Bonchev–Trinajstić information content (AvgIpc) is 3.28. The molecule has 0 bridgehead atoms. The van der Waals surface area contributed by atoms with E-state index in [1.165, 1.54) is 6.07 Å². The van der Waals surface area contributed by atoms with Gasteiger partial charge in [-0.1, -0.05) is 18.2 Å². The molecule has 32 heavy (non-hydrogen) atoms. The van der Waals surface area contributed by atoms with Crippen LogP contribution in [0.4, 0.5) is 4.39 Å². The first kappa shape index (κ1) is 22.3. The van der Waals surface area contributed by atoms with Crippen molar-refractivity contribution in [1.29, 1.82) is 0 Å². The van der Waals surface area contributed by atoms with Crippen molar-refractivity contribution >= 4 is 11.8 Å². The number of benzene rings is 1. The minimum absolute atomic E-state index is 0.0996. The maximum absolute atomic E-state index is 14.4. The van der Waals surface area contributed by atoms with Gasteiger partial charge in [-0.05, 0) is 39.7 Å². The summed E-state index contributed by atoms with van der Waals surface area (Å²) in [5, 5.41) is 0. The zero-order chi connectivity index (χ0) is 22.9. The van der Waals surface area contributed by atoms with Gasteiger partial charge < -0.3 is 14.5 Å². The van der Waals surface area contributed by atoms with E-state index in [-0.39, 0.29) is 23.7 Å². The third-order valence-electron chi connectivity index (χ3n) is 6.42. The number of carbonyl (C=O) groups is 2. The van der Waals surface area contributed by atoms with Crippen LogP contribution in [0.2, 0.25) is 0 Å². The van der Waals surface area contributed by atoms with Gasteiger partial charge in [0, 0.05) is 31.4 Å². The molecule has 0 aliphatic carbocycles. The van der Waals surface area contributed by atoms with Crippen LogP contribution in [0.3, 0.4) is 0 Å². The van der Waals surface area contributed by atoms with Gasteiger partial charge >= 0.3 is 0 Å². The molecule has 2 aromatic rings. The minimum Gasteiger partial charge on any atom is -0.378 e. The first-order valence-electron chi connectivity index (χ1n) is 11.1. The van der Waals surface area contributed by atoms with Crippen LogP contribution in [0.15, 0.2) is 30.5 Å². The first-order valence-corrected chi connectivity index (χ1v) is 11.1. The van der Waals surface area contributed by atoms with Crippen molar-refractivity contribution in [3.8, 4) is 0 Å². The lowest BCUT2D eigenvalue weighted by atomic mass is 9.82. The smallest absolute Gasteiger partial charge is 0.257 e. The fourth-order valence-electron chi connectivity index (χ4n) is 4.51. The maximum atomic E-state index is 14.4. The fraction of sp³-hybridized carbons (Fsp3) is 0.500. The van der Waals surface area contributed by atoms with Crippen molar-refractivity contribution in [3.63, 3.8) is 0 Å². The van der Waals surface area contributed by atoms with Gasteiger partial charge in [0.2, 0.25) is 5.91 Å². The Hall–Kier alpha value is -2.87. The second-order valence-electron chi connectivity index (χ2n) is 8.89. The average molecular weight is 441 g/mol. The Bertz CT molecular complexity index is 1020. The lowest BCUT2D eigenvalue weighted by Crippen LogP contribution is -2.44. The second kappa shape index (κ2) is 8.94. The number of ether oxygens (including phenoxy) is 1. The molecule has 0 unspecified atom stereocenters. The Labute approximate surface area is 187 Å². The van der Waals surface area contributed by atoms with Crippen molar-refractivity contribution in [2.45, 2.75) is 45.1 Å². The van der Waals surface area contributed by atoms with Gasteiger partial charge in [-0.25, -0.2) is 14.4 Å². The van der Waals surface area contributed by atoms with E-state index in [9.17, 15) is 14.0 Å². The van der Waals surface area contributed by atoms with Gasteiger partial charge in [0.15, 0.2) is 5.82 Å². The van der Waals surface area contributed by atoms with E-state index >= 15 is 0 Å². The molecular formula is C24H29FN4O3. The molecule has 2 aliphatic heterocycles. The van der Waals surface area contributed by atoms with Crippen molar-refractivity contribution in [2.75, 3.05) is 32.8 Å². The van der Waals surface area contributed by atoms with Crippen molar-refractivity contribution in [3.05, 3.63) is 58.9 Å². The number of likely N-dealkylation sites (tertiary alicyclic amines) is 1. The summed E-state index contributed by atoms with van der Waals surface area (Å²) in [4.78, 5) is 38.9. The molecule has 1 aromatic heterocycles. The summed E-state index contributed by atoms with van der Waals surface area (Å²) >= 11 is 0. The summed E-state index contributed by atoms with van der Waals surface area (Å²) in [7, 11) is 0. The lowest BCUT2D eigenvalue weighted by Gasteiger charge is -2.33. The standard InChI is InChI=1S/C24H29FN4O3/c1-16-17(22(30)28-11-13-32-14-12-28)15-26-21(27-16)20-9-6-10-29(20)23(31)24(2,3)18-7-4-5-8-19(18)25/h4-5,7-8,15,20H,6,9-14H2,1-3H3/t20-/m0/s1. The van der Waals surface area contributed by atoms with Gasteiger partial charge in [-0.15, -0.1) is 0 Å². The van der Waals surface area contributed by atoms with Crippen LogP contribution in [-0.4, -0.2) is 64.4 Å². The van der Waals surface area contributed by atoms with Gasteiger partial charge in [-0.3, -0.25) is 9.59 Å². The second-order valence-corrected chi connectivity index (χ2v) is 8.89. The molecule has 3 heterocycles. The Morgan fingerprint density at radius 1 is 1.16 bits per heavy atom. The number of aryl methyl sites for hydroxylation is 1. The van der Waals surface area contributed by atoms with E-state index in [0.29, 0.717) is 55.5 Å². The molecule has 1 aromatic carbocycles. The molecule has 0 spiro atoms. The Balaban J connectivity index is 1.57. The highest BCUT2D eigenvalue weighted by Crippen LogP contribution is 2.36. The zero-order valence-electron chi connectivity index (χ0n) is 18.8. The van der Waals surface area contributed by atoms with E-state index in [1.54, 1.807) is 55.0 Å². The Morgan fingerprint density at radius 2 is 1.88 bits per heavy atom. The van der Waals surface area contributed by atoms with Gasteiger partial charge in [0.25, 0.3) is 5.91 Å². The third-order valence-corrected chi connectivity index (χ3v) is 6.42. The maximum Gasteiger partial charge on any atom is 0.257 e. The fourth-order valence-corrected chi connectivity index (χ4v) is 4.51. The minimum atomic E-state index is -1.02. The summed E-state index contributed by atoms with van der Waals surface area (Å²) in [5.41, 5.74) is 0.423. The summed E-state index contributed by atoms with van der Waals surface area (Å²) in [6, 6.07) is 6.10. The van der Waals surface area contributed by atoms with Crippen LogP contribution in [0.1, 0.15) is 60.2 Å². The highest BCUT2D eigenvalue weighted by atomic mass is 19.1. The van der Waals surface area contributed by atoms with Crippen LogP contribution >= 0.6 is 0 Å². The van der Waals surface area contributed by atoms with Crippen LogP contribution in [-0.2, 0) is 14.9 Å². The van der Waals surface area contributed by atoms with Crippen LogP contribution in [0, 0.1) is 12.7 Å². The zero-order valence-corrected chi connectivity index (χ0v) is 18.8. The molecule has 170 valence electrons. The largest absolute Gasteiger partial charge is 0.378 e. The quantitative estimate of drug-likeness (QED) is 0.731. The van der Waals surface area contributed by atoms with Crippen molar-refractivity contribution in [2.24, 2.45) is 0 Å². The molecule has 0 saturated carbocycles. The summed E-state index contributed by atoms with van der Waals surface area (Å²) < 4.78 is 19.8. The number of hydrogen-bond acceptors (Lipinski definition) is 5. The van der Waals surface area contributed by atoms with Gasteiger partial charge in [0.05, 0.1) is 35.9 Å². The van der Waals surface area contributed by atoms with E-state index in [2.05, 4.69) is 9.97 Å². The topological polar surface area (TPSA) is 75.6 Å². The summed E-state index contributed by atoms with van der Waals surface area (Å²) in [5.74, 6) is -0.118. The molecule has 2 saturated heterocycles. The number of nitrogens with zero attached hydrogens (tertiary/aromatic N) is 4. The molecule has 1 atom stereocenters. The van der Waals surface area contributed by atoms with Crippen molar-refractivity contribution < 1.29 is 18.7 Å². The molecule has 2 aliphatic rings. The van der Waals surface area contributed by atoms with Crippen LogP contribution in [0.5, 0.6) is 0 Å². The molecule has 2 amide bonds. The number of halogens is 1. The van der Waals surface area contributed by atoms with Gasteiger partial charge in [-0.2, -0.15) is 0 Å². The predicted molar refractivity (Wildman–Crippen MR) is 117 cm³/mol. The number of hydrogen-bond donors (Lipinski definition) is 0. The first-order chi connectivity index (χ1) is 15.3. The number of rotatable bonds is 4. The Morgan fingerprint density at radius 3 is 2.56 bits per heavy atom. The molecule has 0 N–H and O–H groups in total. The summed E-state index contributed by atoms with van der Waals surface area (Å²) in [6.45, 7) is 8.02. The Kier molecular flexibility index (Phi) is 6.24. The predicted octanol–water partition coefficient (Wildman–Crippen LogP) is 3.04. The highest BCUT2D eigenvalue weighted by Gasteiger charge is 2.41. The van der Waals surface area contributed by atoms with E-state index in [1.807, 2.05) is 0 Å². The van der Waals surface area contributed by atoms with E-state index < -0.39 is 5.41 Å².